The normalized spacial score (nSPS) is 21.4. The highest BCUT2D eigenvalue weighted by molar-refractivity contribution is 5.33. The van der Waals surface area contributed by atoms with E-state index >= 15 is 0 Å². The predicted molar refractivity (Wildman–Crippen MR) is 70.4 cm³/mol. The van der Waals surface area contributed by atoms with Crippen LogP contribution in [-0.4, -0.2) is 38.2 Å². The summed E-state index contributed by atoms with van der Waals surface area (Å²) in [6.45, 7) is 3.27. The van der Waals surface area contributed by atoms with Gasteiger partial charge in [-0.05, 0) is 32.5 Å². The highest BCUT2D eigenvalue weighted by Crippen LogP contribution is 2.17. The number of methoxy groups -OCH3 is 1. The lowest BCUT2D eigenvalue weighted by Crippen LogP contribution is -2.43. The molecule has 0 bridgehead atoms. The molecule has 94 valence electrons. The van der Waals surface area contributed by atoms with Gasteiger partial charge in [0.2, 0.25) is 0 Å². The van der Waals surface area contributed by atoms with Gasteiger partial charge in [-0.25, -0.2) is 0 Å². The van der Waals surface area contributed by atoms with Crippen LogP contribution in [0.5, 0.6) is 5.75 Å². The Morgan fingerprint density at radius 1 is 1.41 bits per heavy atom. The monoisotopic (exact) mass is 234 g/mol. The lowest BCUT2D eigenvalue weighted by Gasteiger charge is -2.30. The molecule has 0 aromatic heterocycles. The highest BCUT2D eigenvalue weighted by atomic mass is 16.5. The maximum Gasteiger partial charge on any atom is 0.123 e. The molecule has 1 atom stereocenters. The number of hydrogen-bond donors (Lipinski definition) is 1. The lowest BCUT2D eigenvalue weighted by molar-refractivity contribution is 0.226. The van der Waals surface area contributed by atoms with Crippen molar-refractivity contribution >= 4 is 0 Å². The smallest absolute Gasteiger partial charge is 0.123 e. The fourth-order valence-corrected chi connectivity index (χ4v) is 2.44. The Morgan fingerprint density at radius 2 is 2.24 bits per heavy atom. The van der Waals surface area contributed by atoms with Crippen LogP contribution in [0.1, 0.15) is 18.4 Å². The summed E-state index contributed by atoms with van der Waals surface area (Å²) in [5.74, 6) is 0.976. The molecular weight excluding hydrogens is 212 g/mol. The number of nitrogens with zero attached hydrogens (tertiary/aromatic N) is 1. The number of likely N-dealkylation sites (tertiary alicyclic amines) is 1. The molecule has 1 aromatic rings. The third kappa shape index (κ3) is 3.45. The van der Waals surface area contributed by atoms with Crippen LogP contribution in [0.2, 0.25) is 0 Å². The first-order valence-electron chi connectivity index (χ1n) is 6.33. The number of para-hydroxylation sites is 1. The summed E-state index contributed by atoms with van der Waals surface area (Å²) in [6.07, 6.45) is 2.57. The van der Waals surface area contributed by atoms with E-state index < -0.39 is 0 Å². The van der Waals surface area contributed by atoms with Crippen LogP contribution in [0.3, 0.4) is 0 Å². The number of nitrogens with one attached hydrogen (secondary N) is 1. The molecule has 1 heterocycles. The summed E-state index contributed by atoms with van der Waals surface area (Å²) in [7, 11) is 3.92. The van der Waals surface area contributed by atoms with Gasteiger partial charge in [0.1, 0.15) is 5.75 Å². The van der Waals surface area contributed by atoms with E-state index in [0.29, 0.717) is 6.04 Å². The van der Waals surface area contributed by atoms with Crippen molar-refractivity contribution < 1.29 is 4.74 Å². The molecule has 0 saturated carbocycles. The Balaban J connectivity index is 1.88. The standard InChI is InChI=1S/C14H22N2O/c1-16-9-5-7-13(11-16)15-10-12-6-3-4-8-14(12)17-2/h3-4,6,8,13,15H,5,7,9-11H2,1-2H3. The molecule has 1 unspecified atom stereocenters. The topological polar surface area (TPSA) is 24.5 Å². The Labute approximate surface area is 104 Å². The third-order valence-electron chi connectivity index (χ3n) is 3.40. The zero-order valence-corrected chi connectivity index (χ0v) is 10.8. The van der Waals surface area contributed by atoms with E-state index in [1.54, 1.807) is 7.11 Å². The second-order valence-electron chi connectivity index (χ2n) is 4.79. The van der Waals surface area contributed by atoms with Gasteiger partial charge in [-0.2, -0.15) is 0 Å². The van der Waals surface area contributed by atoms with Gasteiger partial charge < -0.3 is 15.0 Å². The molecule has 1 N–H and O–H groups in total. The second-order valence-corrected chi connectivity index (χ2v) is 4.79. The van der Waals surface area contributed by atoms with Crippen molar-refractivity contribution in [2.24, 2.45) is 0 Å². The lowest BCUT2D eigenvalue weighted by atomic mass is 10.1. The van der Waals surface area contributed by atoms with E-state index in [1.165, 1.54) is 24.9 Å². The fraction of sp³-hybridized carbons (Fsp3) is 0.571. The summed E-state index contributed by atoms with van der Waals surface area (Å²) >= 11 is 0. The number of hydrogen-bond acceptors (Lipinski definition) is 3. The van der Waals surface area contributed by atoms with Crippen molar-refractivity contribution in [3.8, 4) is 5.75 Å². The van der Waals surface area contributed by atoms with Crippen LogP contribution in [0.15, 0.2) is 24.3 Å². The Kier molecular flexibility index (Phi) is 4.40. The van der Waals surface area contributed by atoms with Crippen LogP contribution in [0.25, 0.3) is 0 Å². The number of likely N-dealkylation sites (N-methyl/N-ethyl adjacent to an activating group) is 1. The SMILES string of the molecule is COc1ccccc1CNC1CCCN(C)C1. The number of ether oxygens (including phenoxy) is 1. The van der Waals surface area contributed by atoms with E-state index in [2.05, 4.69) is 29.4 Å². The van der Waals surface area contributed by atoms with Crippen molar-refractivity contribution in [3.63, 3.8) is 0 Å². The first-order chi connectivity index (χ1) is 8.29. The molecule has 1 aliphatic heterocycles. The molecule has 17 heavy (non-hydrogen) atoms. The Bertz CT molecular complexity index is 354. The van der Waals surface area contributed by atoms with Crippen LogP contribution in [0.4, 0.5) is 0 Å². The van der Waals surface area contributed by atoms with Crippen molar-refractivity contribution in [1.82, 2.24) is 10.2 Å². The third-order valence-corrected chi connectivity index (χ3v) is 3.40. The van der Waals surface area contributed by atoms with Gasteiger partial charge in [0, 0.05) is 24.7 Å². The van der Waals surface area contributed by atoms with Crippen LogP contribution >= 0.6 is 0 Å². The number of benzene rings is 1. The summed E-state index contributed by atoms with van der Waals surface area (Å²) in [5, 5.41) is 3.62. The zero-order chi connectivity index (χ0) is 12.1. The fourth-order valence-electron chi connectivity index (χ4n) is 2.44. The van der Waals surface area contributed by atoms with Gasteiger partial charge >= 0.3 is 0 Å². The van der Waals surface area contributed by atoms with Crippen molar-refractivity contribution in [2.45, 2.75) is 25.4 Å². The van der Waals surface area contributed by atoms with Crippen molar-refractivity contribution in [1.29, 1.82) is 0 Å². The van der Waals surface area contributed by atoms with Crippen LogP contribution in [0, 0.1) is 0 Å². The van der Waals surface area contributed by atoms with Gasteiger partial charge in [0.25, 0.3) is 0 Å². The molecule has 3 nitrogen and oxygen atoms in total. The molecular formula is C14H22N2O. The Morgan fingerprint density at radius 3 is 3.00 bits per heavy atom. The van der Waals surface area contributed by atoms with Crippen molar-refractivity contribution in [2.75, 3.05) is 27.2 Å². The highest BCUT2D eigenvalue weighted by Gasteiger charge is 2.16. The predicted octanol–water partition coefficient (Wildman–Crippen LogP) is 1.88. The van der Waals surface area contributed by atoms with E-state index in [9.17, 15) is 0 Å². The minimum atomic E-state index is 0.610. The van der Waals surface area contributed by atoms with E-state index in [1.807, 2.05) is 12.1 Å². The van der Waals surface area contributed by atoms with E-state index in [4.69, 9.17) is 4.74 Å². The van der Waals surface area contributed by atoms with Gasteiger partial charge in [-0.15, -0.1) is 0 Å². The number of rotatable bonds is 4. The molecule has 0 radical (unpaired) electrons. The summed E-state index contributed by atoms with van der Waals surface area (Å²) < 4.78 is 5.36. The summed E-state index contributed by atoms with van der Waals surface area (Å²) in [4.78, 5) is 2.39. The van der Waals surface area contributed by atoms with Crippen molar-refractivity contribution in [3.05, 3.63) is 29.8 Å². The maximum atomic E-state index is 5.36. The first-order valence-corrected chi connectivity index (χ1v) is 6.33. The van der Waals surface area contributed by atoms with E-state index in [-0.39, 0.29) is 0 Å². The minimum Gasteiger partial charge on any atom is -0.496 e. The maximum absolute atomic E-state index is 5.36. The minimum absolute atomic E-state index is 0.610. The molecule has 1 aliphatic rings. The molecule has 1 saturated heterocycles. The first kappa shape index (κ1) is 12.4. The van der Waals surface area contributed by atoms with Gasteiger partial charge in [-0.1, -0.05) is 18.2 Å². The molecule has 1 fully saturated rings. The van der Waals surface area contributed by atoms with Crippen LogP contribution in [-0.2, 0) is 6.54 Å². The zero-order valence-electron chi connectivity index (χ0n) is 10.8. The largest absolute Gasteiger partial charge is 0.496 e. The molecule has 0 spiro atoms. The number of piperidine rings is 1. The van der Waals surface area contributed by atoms with Gasteiger partial charge in [-0.3, -0.25) is 0 Å². The molecule has 0 amide bonds. The molecule has 1 aromatic carbocycles. The summed E-state index contributed by atoms with van der Waals surface area (Å²) in [5.41, 5.74) is 1.24. The Hall–Kier alpha value is -1.06. The molecule has 2 rings (SSSR count). The van der Waals surface area contributed by atoms with Gasteiger partial charge in [0.15, 0.2) is 0 Å². The summed E-state index contributed by atoms with van der Waals surface area (Å²) in [6, 6.07) is 8.82. The van der Waals surface area contributed by atoms with E-state index in [0.717, 1.165) is 18.8 Å². The average molecular weight is 234 g/mol. The quantitative estimate of drug-likeness (QED) is 0.861. The van der Waals surface area contributed by atoms with Gasteiger partial charge in [0.05, 0.1) is 7.11 Å². The molecule has 3 heteroatoms. The molecule has 0 aliphatic carbocycles. The average Bonchev–Trinajstić information content (AvgIpc) is 2.37. The van der Waals surface area contributed by atoms with Crippen LogP contribution < -0.4 is 10.1 Å². The second kappa shape index (κ2) is 6.03.